The fourth-order valence-electron chi connectivity index (χ4n) is 1.75. The van der Waals surface area contributed by atoms with E-state index < -0.39 is 7.12 Å². The van der Waals surface area contributed by atoms with Crippen LogP contribution in [0.25, 0.3) is 0 Å². The molecule has 0 fully saturated rings. The largest absolute Gasteiger partial charge is 0.490 e. The predicted octanol–water partition coefficient (Wildman–Crippen LogP) is 2.10. The van der Waals surface area contributed by atoms with E-state index in [4.69, 9.17) is 28.6 Å². The first-order chi connectivity index (χ1) is 9.99. The van der Waals surface area contributed by atoms with Gasteiger partial charge in [-0.3, -0.25) is 0 Å². The molecule has 2 aromatic rings. The van der Waals surface area contributed by atoms with Gasteiger partial charge in [0, 0.05) is 5.46 Å². The molecular weight excluding hydrogens is 308 g/mol. The Morgan fingerprint density at radius 3 is 2.57 bits per heavy atom. The summed E-state index contributed by atoms with van der Waals surface area (Å²) in [6, 6.07) is 12.3. The lowest BCUT2D eigenvalue weighted by Gasteiger charge is -2.13. The lowest BCUT2D eigenvalue weighted by Crippen LogP contribution is -2.31. The molecule has 0 saturated carbocycles. The minimum Gasteiger partial charge on any atom is -0.431 e. The number of halogens is 1. The van der Waals surface area contributed by atoms with Crippen molar-refractivity contribution in [2.24, 2.45) is 0 Å². The number of thiocarbonyl (C=S) groups is 1. The summed E-state index contributed by atoms with van der Waals surface area (Å²) in [5, 5.41) is 21.6. The molecule has 0 aliphatic rings. The quantitative estimate of drug-likeness (QED) is 0.597. The molecule has 108 valence electrons. The zero-order valence-electron chi connectivity index (χ0n) is 11.2. The zero-order valence-corrected chi connectivity index (χ0v) is 12.8. The van der Waals surface area contributed by atoms with Gasteiger partial charge < -0.3 is 20.1 Å². The Labute approximate surface area is 133 Å². The average Bonchev–Trinajstić information content (AvgIpc) is 2.43. The molecule has 0 heterocycles. The van der Waals surface area contributed by atoms with Gasteiger partial charge in [-0.25, -0.2) is 0 Å². The molecule has 0 spiro atoms. The maximum absolute atomic E-state index is 9.21. The first-order valence-electron chi connectivity index (χ1n) is 6.18. The first kappa shape index (κ1) is 15.8. The van der Waals surface area contributed by atoms with Crippen molar-refractivity contribution in [3.63, 3.8) is 0 Å². The highest BCUT2D eigenvalue weighted by Gasteiger charge is 2.17. The predicted molar refractivity (Wildman–Crippen MR) is 89.3 cm³/mol. The second-order valence-corrected chi connectivity index (χ2v) is 5.11. The van der Waals surface area contributed by atoms with Crippen LogP contribution in [0.4, 0.5) is 5.69 Å². The van der Waals surface area contributed by atoms with Gasteiger partial charge in [-0.2, -0.15) is 0 Å². The summed E-state index contributed by atoms with van der Waals surface area (Å²) in [5.74, 6) is 0.643. The van der Waals surface area contributed by atoms with Crippen molar-refractivity contribution in [1.82, 2.24) is 0 Å². The summed E-state index contributed by atoms with van der Waals surface area (Å²) in [5.41, 5.74) is 1.59. The minimum atomic E-state index is -1.65. The maximum atomic E-state index is 9.21. The number of para-hydroxylation sites is 1. The van der Waals surface area contributed by atoms with Crippen LogP contribution in [0.3, 0.4) is 0 Å². The van der Waals surface area contributed by atoms with Gasteiger partial charge in [0.2, 0.25) is 0 Å². The van der Waals surface area contributed by atoms with E-state index in [-0.39, 0.29) is 15.7 Å². The molecule has 0 aliphatic heterocycles. The molecule has 0 radical (unpaired) electrons. The lowest BCUT2D eigenvalue weighted by atomic mass is 9.80. The molecule has 21 heavy (non-hydrogen) atoms. The number of ether oxygens (including phenoxy) is 1. The number of nitrogens with one attached hydrogen (secondary N) is 1. The molecule has 0 amide bonds. The number of rotatable bonds is 3. The third-order valence-corrected chi connectivity index (χ3v) is 3.45. The van der Waals surface area contributed by atoms with E-state index in [1.165, 1.54) is 6.07 Å². The molecule has 0 atom stereocenters. The van der Waals surface area contributed by atoms with Crippen molar-refractivity contribution in [1.29, 1.82) is 0 Å². The summed E-state index contributed by atoms with van der Waals surface area (Å²) < 4.78 is 5.54. The average molecular weight is 322 g/mol. The second-order valence-electron chi connectivity index (χ2n) is 4.36. The monoisotopic (exact) mass is 321 g/mol. The Balaban J connectivity index is 2.14. The Morgan fingerprint density at radius 2 is 1.90 bits per heavy atom. The van der Waals surface area contributed by atoms with E-state index in [1.54, 1.807) is 18.2 Å². The van der Waals surface area contributed by atoms with Crippen molar-refractivity contribution in [2.75, 3.05) is 5.32 Å². The van der Waals surface area contributed by atoms with Crippen LogP contribution in [0, 0.1) is 6.92 Å². The lowest BCUT2D eigenvalue weighted by molar-refractivity contribution is 0.426. The highest BCUT2D eigenvalue weighted by Crippen LogP contribution is 2.21. The van der Waals surface area contributed by atoms with Gasteiger partial charge in [-0.1, -0.05) is 41.9 Å². The second kappa shape index (κ2) is 6.91. The molecule has 7 heteroatoms. The van der Waals surface area contributed by atoms with Gasteiger partial charge in [0.25, 0.3) is 5.17 Å². The Kier molecular flexibility index (Phi) is 5.19. The van der Waals surface area contributed by atoms with Gasteiger partial charge >= 0.3 is 7.12 Å². The van der Waals surface area contributed by atoms with Crippen molar-refractivity contribution in [3.8, 4) is 5.75 Å². The molecule has 0 unspecified atom stereocenters. The normalized spacial score (nSPS) is 10.1. The highest BCUT2D eigenvalue weighted by atomic mass is 35.5. The van der Waals surface area contributed by atoms with Crippen molar-refractivity contribution < 1.29 is 14.8 Å². The summed E-state index contributed by atoms with van der Waals surface area (Å²) in [6.45, 7) is 1.91. The summed E-state index contributed by atoms with van der Waals surface area (Å²) >= 11 is 11.2. The third-order valence-electron chi connectivity index (χ3n) is 2.84. The van der Waals surface area contributed by atoms with Crippen LogP contribution >= 0.6 is 23.8 Å². The summed E-state index contributed by atoms with van der Waals surface area (Å²) in [6.07, 6.45) is 0. The Morgan fingerprint density at radius 1 is 1.19 bits per heavy atom. The zero-order chi connectivity index (χ0) is 15.4. The van der Waals surface area contributed by atoms with E-state index in [0.717, 1.165) is 5.56 Å². The van der Waals surface area contributed by atoms with Crippen LogP contribution in [0.1, 0.15) is 5.56 Å². The van der Waals surface area contributed by atoms with Crippen LogP contribution in [0.5, 0.6) is 5.75 Å². The standard InChI is InChI=1S/C14H13BClNO3S/c1-9-5-2-3-8-12(9)20-14(21)17-11-7-4-6-10(13(11)16)15(18)19/h2-8,18-19H,1H3,(H,17,21). The fraction of sp³-hybridized carbons (Fsp3) is 0.0714. The maximum Gasteiger partial charge on any atom is 0.490 e. The Hall–Kier alpha value is -1.60. The van der Waals surface area contributed by atoms with Gasteiger partial charge in [-0.05, 0) is 36.8 Å². The Bertz CT molecular complexity index is 666. The SMILES string of the molecule is Cc1ccccc1OC(=S)Nc1cccc(B(O)O)c1Cl. The molecular formula is C14H13BClNO3S. The molecule has 3 N–H and O–H groups in total. The molecule has 0 aliphatic carbocycles. The topological polar surface area (TPSA) is 61.7 Å². The van der Waals surface area contributed by atoms with Crippen molar-refractivity contribution >= 4 is 47.3 Å². The van der Waals surface area contributed by atoms with Crippen molar-refractivity contribution in [2.45, 2.75) is 6.92 Å². The number of benzene rings is 2. The van der Waals surface area contributed by atoms with Crippen molar-refractivity contribution in [3.05, 3.63) is 53.1 Å². The van der Waals surface area contributed by atoms with E-state index in [2.05, 4.69) is 5.32 Å². The van der Waals surface area contributed by atoms with Crippen LogP contribution in [0.2, 0.25) is 5.02 Å². The molecule has 2 aromatic carbocycles. The molecule has 0 bridgehead atoms. The number of aryl methyl sites for hydroxylation is 1. The molecule has 0 aromatic heterocycles. The molecule has 4 nitrogen and oxygen atoms in total. The first-order valence-corrected chi connectivity index (χ1v) is 6.96. The minimum absolute atomic E-state index is 0.121. The van der Waals surface area contributed by atoms with Crippen LogP contribution in [-0.2, 0) is 0 Å². The van der Waals surface area contributed by atoms with Gasteiger partial charge in [0.15, 0.2) is 0 Å². The third kappa shape index (κ3) is 3.95. The molecule has 2 rings (SSSR count). The van der Waals surface area contributed by atoms with Gasteiger partial charge in [0.05, 0.1) is 10.7 Å². The summed E-state index contributed by atoms with van der Waals surface area (Å²) in [7, 11) is -1.65. The van der Waals surface area contributed by atoms with E-state index in [1.807, 2.05) is 25.1 Å². The fourth-order valence-corrected chi connectivity index (χ4v) is 2.22. The van der Waals surface area contributed by atoms with E-state index in [9.17, 15) is 10.0 Å². The van der Waals surface area contributed by atoms with Crippen LogP contribution < -0.4 is 15.5 Å². The summed E-state index contributed by atoms with van der Waals surface area (Å²) in [4.78, 5) is 0. The number of hydrogen-bond acceptors (Lipinski definition) is 4. The highest BCUT2D eigenvalue weighted by molar-refractivity contribution is 7.80. The molecule has 0 saturated heterocycles. The number of hydrogen-bond donors (Lipinski definition) is 3. The smallest absolute Gasteiger partial charge is 0.431 e. The van der Waals surface area contributed by atoms with Crippen LogP contribution in [0.15, 0.2) is 42.5 Å². The van der Waals surface area contributed by atoms with Gasteiger partial charge in [0.1, 0.15) is 5.75 Å². The van der Waals surface area contributed by atoms with Gasteiger partial charge in [-0.15, -0.1) is 0 Å². The van der Waals surface area contributed by atoms with Crippen LogP contribution in [-0.4, -0.2) is 22.3 Å². The van der Waals surface area contributed by atoms with E-state index >= 15 is 0 Å². The number of anilines is 1. The van der Waals surface area contributed by atoms with E-state index in [0.29, 0.717) is 11.4 Å².